The van der Waals surface area contributed by atoms with E-state index in [2.05, 4.69) is 20.4 Å². The van der Waals surface area contributed by atoms with Gasteiger partial charge in [0.2, 0.25) is 0 Å². The molecule has 0 spiro atoms. The van der Waals surface area contributed by atoms with Gasteiger partial charge in [0.05, 0.1) is 16.3 Å². The number of nitrogens with zero attached hydrogens (tertiary/aromatic N) is 4. The van der Waals surface area contributed by atoms with Gasteiger partial charge in [0, 0.05) is 17.8 Å². The number of halogens is 3. The Balaban J connectivity index is 1.77. The largest absolute Gasteiger partial charge is 0.573 e. The molecule has 2 aromatic carbocycles. The first-order valence-electron chi connectivity index (χ1n) is 7.98. The number of amides is 1. The van der Waals surface area contributed by atoms with Crippen molar-refractivity contribution >= 4 is 17.3 Å². The van der Waals surface area contributed by atoms with Crippen LogP contribution >= 0.6 is 0 Å². The van der Waals surface area contributed by atoms with E-state index in [0.29, 0.717) is 11.4 Å². The summed E-state index contributed by atoms with van der Waals surface area (Å²) in [6, 6.07) is 10.2. The molecule has 0 fully saturated rings. The van der Waals surface area contributed by atoms with Crippen molar-refractivity contribution in [3.05, 3.63) is 70.0 Å². The van der Waals surface area contributed by atoms with Crippen LogP contribution in [0.2, 0.25) is 0 Å². The van der Waals surface area contributed by atoms with Crippen LogP contribution in [0.25, 0.3) is 5.69 Å². The SMILES string of the molecule is Cc1c(C(=O)Nc2ccc(OC(F)(F)F)cc2)nnn1-c1cccc([N+](=O)[O-])c1. The smallest absolute Gasteiger partial charge is 0.406 e. The van der Waals surface area contributed by atoms with Gasteiger partial charge in [-0.1, -0.05) is 11.3 Å². The number of nitro groups is 1. The van der Waals surface area contributed by atoms with Crippen molar-refractivity contribution in [2.45, 2.75) is 13.3 Å². The molecule has 150 valence electrons. The Morgan fingerprint density at radius 1 is 1.21 bits per heavy atom. The van der Waals surface area contributed by atoms with Gasteiger partial charge in [-0.3, -0.25) is 14.9 Å². The van der Waals surface area contributed by atoms with Crippen LogP contribution in [0.4, 0.5) is 24.5 Å². The van der Waals surface area contributed by atoms with Crippen molar-refractivity contribution in [1.82, 2.24) is 15.0 Å². The van der Waals surface area contributed by atoms with E-state index in [0.717, 1.165) is 12.1 Å². The van der Waals surface area contributed by atoms with Gasteiger partial charge >= 0.3 is 6.36 Å². The number of nitro benzene ring substituents is 1. The minimum atomic E-state index is -4.81. The third-order valence-electron chi connectivity index (χ3n) is 3.74. The van der Waals surface area contributed by atoms with Crippen LogP contribution in [0.5, 0.6) is 5.75 Å². The maximum atomic E-state index is 12.4. The van der Waals surface area contributed by atoms with Crippen LogP contribution in [0, 0.1) is 17.0 Å². The molecule has 0 radical (unpaired) electrons. The molecule has 1 N–H and O–H groups in total. The van der Waals surface area contributed by atoms with Crippen LogP contribution in [-0.2, 0) is 0 Å². The summed E-state index contributed by atoms with van der Waals surface area (Å²) in [6.07, 6.45) is -4.81. The summed E-state index contributed by atoms with van der Waals surface area (Å²) in [5.74, 6) is -1.08. The van der Waals surface area contributed by atoms with Gasteiger partial charge in [-0.2, -0.15) is 0 Å². The quantitative estimate of drug-likeness (QED) is 0.511. The van der Waals surface area contributed by atoms with Crippen LogP contribution in [0.15, 0.2) is 48.5 Å². The number of hydrogen-bond donors (Lipinski definition) is 1. The fourth-order valence-corrected chi connectivity index (χ4v) is 2.45. The number of carbonyl (C=O) groups is 1. The minimum absolute atomic E-state index is 0.0490. The number of anilines is 1. The molecule has 0 atom stereocenters. The maximum absolute atomic E-state index is 12.4. The zero-order valence-corrected chi connectivity index (χ0v) is 14.7. The number of hydrogen-bond acceptors (Lipinski definition) is 6. The van der Waals surface area contributed by atoms with Crippen LogP contribution in [0.3, 0.4) is 0 Å². The molecule has 0 bridgehead atoms. The summed E-state index contributed by atoms with van der Waals surface area (Å²) in [4.78, 5) is 22.8. The highest BCUT2D eigenvalue weighted by atomic mass is 19.4. The van der Waals surface area contributed by atoms with E-state index in [1.165, 1.54) is 35.0 Å². The number of nitrogens with one attached hydrogen (secondary N) is 1. The van der Waals surface area contributed by atoms with Gasteiger partial charge in [-0.25, -0.2) is 4.68 Å². The van der Waals surface area contributed by atoms with E-state index in [4.69, 9.17) is 0 Å². The summed E-state index contributed by atoms with van der Waals surface area (Å²) in [5.41, 5.74) is 0.683. The summed E-state index contributed by atoms with van der Waals surface area (Å²) in [6.45, 7) is 1.55. The normalized spacial score (nSPS) is 11.2. The van der Waals surface area contributed by atoms with Crippen LogP contribution in [-0.4, -0.2) is 32.2 Å². The Bertz CT molecular complexity index is 1060. The molecule has 3 rings (SSSR count). The Kier molecular flexibility index (Phi) is 5.17. The molecule has 1 amide bonds. The summed E-state index contributed by atoms with van der Waals surface area (Å²) in [7, 11) is 0. The second kappa shape index (κ2) is 7.58. The van der Waals surface area contributed by atoms with E-state index in [9.17, 15) is 28.1 Å². The van der Waals surface area contributed by atoms with Gasteiger partial charge in [-0.15, -0.1) is 18.3 Å². The monoisotopic (exact) mass is 407 g/mol. The van der Waals surface area contributed by atoms with Crippen LogP contribution < -0.4 is 10.1 Å². The molecular weight excluding hydrogens is 395 g/mol. The number of benzene rings is 2. The second-order valence-corrected chi connectivity index (χ2v) is 5.74. The molecule has 12 heteroatoms. The number of rotatable bonds is 5. The lowest BCUT2D eigenvalue weighted by molar-refractivity contribution is -0.384. The minimum Gasteiger partial charge on any atom is -0.406 e. The zero-order valence-electron chi connectivity index (χ0n) is 14.7. The third-order valence-corrected chi connectivity index (χ3v) is 3.74. The van der Waals surface area contributed by atoms with Gasteiger partial charge in [0.1, 0.15) is 5.75 Å². The lowest BCUT2D eigenvalue weighted by atomic mass is 10.2. The van der Waals surface area contributed by atoms with Crippen molar-refractivity contribution in [2.24, 2.45) is 0 Å². The van der Waals surface area contributed by atoms with Crippen molar-refractivity contribution < 1.29 is 27.6 Å². The number of alkyl halides is 3. The second-order valence-electron chi connectivity index (χ2n) is 5.74. The van der Waals surface area contributed by atoms with Crippen molar-refractivity contribution in [1.29, 1.82) is 0 Å². The van der Waals surface area contributed by atoms with Gasteiger partial charge in [-0.05, 0) is 37.3 Å². The van der Waals surface area contributed by atoms with Gasteiger partial charge in [0.15, 0.2) is 5.69 Å². The Morgan fingerprint density at radius 3 is 2.52 bits per heavy atom. The predicted molar refractivity (Wildman–Crippen MR) is 93.8 cm³/mol. The standard InChI is InChI=1S/C17H12F3N5O4/c1-10-15(22-23-24(10)12-3-2-4-13(9-12)25(27)28)16(26)21-11-5-7-14(8-6-11)29-17(18,19)20/h2-9H,1H3,(H,21,26). The molecule has 1 aromatic heterocycles. The zero-order chi connectivity index (χ0) is 21.2. The first-order valence-corrected chi connectivity index (χ1v) is 7.98. The van der Waals surface area contributed by atoms with Gasteiger partial charge in [0.25, 0.3) is 11.6 Å². The molecule has 9 nitrogen and oxygen atoms in total. The topological polar surface area (TPSA) is 112 Å². The lowest BCUT2D eigenvalue weighted by Crippen LogP contribution is -2.17. The molecule has 1 heterocycles. The molecule has 0 aliphatic heterocycles. The predicted octanol–water partition coefficient (Wildman–Crippen LogP) is 3.63. The first kappa shape index (κ1) is 19.8. The molecule has 0 unspecified atom stereocenters. The average molecular weight is 407 g/mol. The third kappa shape index (κ3) is 4.66. The molecule has 29 heavy (non-hydrogen) atoms. The van der Waals surface area contributed by atoms with E-state index in [-0.39, 0.29) is 17.1 Å². The maximum Gasteiger partial charge on any atom is 0.573 e. The molecule has 0 aliphatic carbocycles. The highest BCUT2D eigenvalue weighted by Gasteiger charge is 2.31. The van der Waals surface area contributed by atoms with Crippen molar-refractivity contribution in [3.8, 4) is 11.4 Å². The van der Waals surface area contributed by atoms with Crippen LogP contribution in [0.1, 0.15) is 16.2 Å². The number of ether oxygens (including phenoxy) is 1. The fraction of sp³-hybridized carbons (Fsp3) is 0.118. The summed E-state index contributed by atoms with van der Waals surface area (Å²) in [5, 5.41) is 21.0. The van der Waals surface area contributed by atoms with Crippen molar-refractivity contribution in [3.63, 3.8) is 0 Å². The fourth-order valence-electron chi connectivity index (χ4n) is 2.45. The number of carbonyl (C=O) groups excluding carboxylic acids is 1. The highest BCUT2D eigenvalue weighted by molar-refractivity contribution is 6.03. The highest BCUT2D eigenvalue weighted by Crippen LogP contribution is 2.24. The first-order chi connectivity index (χ1) is 13.6. The summed E-state index contributed by atoms with van der Waals surface area (Å²) >= 11 is 0. The Labute approximate surface area is 160 Å². The average Bonchev–Trinajstić information content (AvgIpc) is 3.04. The molecule has 0 saturated heterocycles. The number of aromatic nitrogens is 3. The Hall–Kier alpha value is -3.96. The van der Waals surface area contributed by atoms with Crippen molar-refractivity contribution in [2.75, 3.05) is 5.32 Å². The lowest BCUT2D eigenvalue weighted by Gasteiger charge is -2.09. The molecule has 0 saturated carbocycles. The Morgan fingerprint density at radius 2 is 1.90 bits per heavy atom. The number of non-ortho nitro benzene ring substituents is 1. The van der Waals surface area contributed by atoms with Gasteiger partial charge < -0.3 is 10.1 Å². The van der Waals surface area contributed by atoms with E-state index in [1.54, 1.807) is 13.0 Å². The molecule has 0 aliphatic rings. The van der Waals surface area contributed by atoms with E-state index >= 15 is 0 Å². The molecule has 3 aromatic rings. The summed E-state index contributed by atoms with van der Waals surface area (Å²) < 4.78 is 41.6. The molecular formula is C17H12F3N5O4. The van der Waals surface area contributed by atoms with E-state index in [1.807, 2.05) is 0 Å². The van der Waals surface area contributed by atoms with E-state index < -0.39 is 22.9 Å².